The molecular formula is C20H19BrFN3O4. The van der Waals surface area contributed by atoms with E-state index in [9.17, 15) is 9.18 Å². The first-order valence-electron chi connectivity index (χ1n) is 8.53. The lowest BCUT2D eigenvalue weighted by molar-refractivity contribution is 0.324. The highest BCUT2D eigenvalue weighted by molar-refractivity contribution is 9.10. The molecule has 1 heterocycles. The highest BCUT2D eigenvalue weighted by Gasteiger charge is 2.15. The van der Waals surface area contributed by atoms with E-state index in [0.717, 1.165) is 0 Å². The van der Waals surface area contributed by atoms with Gasteiger partial charge in [-0.3, -0.25) is 9.36 Å². The van der Waals surface area contributed by atoms with Crippen LogP contribution in [-0.4, -0.2) is 30.9 Å². The maximum atomic E-state index is 13.4. The van der Waals surface area contributed by atoms with Crippen molar-refractivity contribution in [2.75, 3.05) is 26.6 Å². The van der Waals surface area contributed by atoms with Crippen LogP contribution in [0.2, 0.25) is 0 Å². The first kappa shape index (κ1) is 20.7. The van der Waals surface area contributed by atoms with Crippen LogP contribution in [0.15, 0.2) is 52.0 Å². The van der Waals surface area contributed by atoms with Gasteiger partial charge in [0.2, 0.25) is 5.75 Å². The zero-order valence-electron chi connectivity index (χ0n) is 16.0. The van der Waals surface area contributed by atoms with E-state index in [0.29, 0.717) is 34.3 Å². The second-order valence-corrected chi connectivity index (χ2v) is 6.80. The normalized spacial score (nSPS) is 10.5. The number of rotatable bonds is 7. The number of nitrogens with one attached hydrogen (secondary N) is 1. The molecule has 7 nitrogen and oxygen atoms in total. The predicted octanol–water partition coefficient (Wildman–Crippen LogP) is 3.96. The Hall–Kier alpha value is -3.07. The zero-order valence-corrected chi connectivity index (χ0v) is 17.6. The molecule has 0 radical (unpaired) electrons. The standard InChI is InChI=1S/C20H19BrFN3O4/c1-27-15-8-14(9-16(28-2)18(15)29-3)24-19-17(21)20(26)25(11-23-19)10-12-5-4-6-13(22)7-12/h4-9,11,24H,10H2,1-3H3. The molecule has 0 bridgehead atoms. The van der Waals surface area contributed by atoms with Gasteiger partial charge in [0.15, 0.2) is 17.3 Å². The van der Waals surface area contributed by atoms with Crippen molar-refractivity contribution in [2.24, 2.45) is 0 Å². The van der Waals surface area contributed by atoms with Crippen molar-refractivity contribution < 1.29 is 18.6 Å². The van der Waals surface area contributed by atoms with Gasteiger partial charge in [-0.1, -0.05) is 12.1 Å². The number of benzene rings is 2. The van der Waals surface area contributed by atoms with Crippen LogP contribution in [0.4, 0.5) is 15.9 Å². The van der Waals surface area contributed by atoms with Gasteiger partial charge in [0, 0.05) is 17.8 Å². The lowest BCUT2D eigenvalue weighted by Crippen LogP contribution is -2.23. The van der Waals surface area contributed by atoms with E-state index in [4.69, 9.17) is 14.2 Å². The van der Waals surface area contributed by atoms with Crippen LogP contribution in [-0.2, 0) is 6.54 Å². The third-order valence-electron chi connectivity index (χ3n) is 4.15. The minimum atomic E-state index is -0.358. The van der Waals surface area contributed by atoms with Crippen LogP contribution in [0, 0.1) is 5.82 Å². The quantitative estimate of drug-likeness (QED) is 0.571. The van der Waals surface area contributed by atoms with Crippen molar-refractivity contribution in [1.29, 1.82) is 0 Å². The van der Waals surface area contributed by atoms with Crippen molar-refractivity contribution in [2.45, 2.75) is 6.54 Å². The largest absolute Gasteiger partial charge is 0.493 e. The maximum absolute atomic E-state index is 13.4. The molecule has 0 saturated carbocycles. The maximum Gasteiger partial charge on any atom is 0.270 e. The van der Waals surface area contributed by atoms with E-state index in [1.54, 1.807) is 24.3 Å². The Balaban J connectivity index is 1.91. The topological polar surface area (TPSA) is 74.6 Å². The second kappa shape index (κ2) is 8.95. The van der Waals surface area contributed by atoms with E-state index in [2.05, 4.69) is 26.2 Å². The van der Waals surface area contributed by atoms with Crippen molar-refractivity contribution >= 4 is 27.4 Å². The first-order valence-corrected chi connectivity index (χ1v) is 9.32. The first-order chi connectivity index (χ1) is 14.0. The molecule has 2 aromatic carbocycles. The Morgan fingerprint density at radius 2 is 1.79 bits per heavy atom. The molecular weight excluding hydrogens is 445 g/mol. The average molecular weight is 464 g/mol. The summed E-state index contributed by atoms with van der Waals surface area (Å²) >= 11 is 3.30. The van der Waals surface area contributed by atoms with Crippen LogP contribution < -0.4 is 25.1 Å². The number of aromatic nitrogens is 2. The molecule has 3 rings (SSSR count). The SMILES string of the molecule is COc1cc(Nc2ncn(Cc3cccc(F)c3)c(=O)c2Br)cc(OC)c1OC. The van der Waals surface area contributed by atoms with Gasteiger partial charge >= 0.3 is 0 Å². The molecule has 152 valence electrons. The van der Waals surface area contributed by atoms with E-state index in [1.807, 2.05) is 0 Å². The molecule has 9 heteroatoms. The van der Waals surface area contributed by atoms with Gasteiger partial charge in [-0.2, -0.15) is 0 Å². The molecule has 1 aromatic heterocycles. The fourth-order valence-corrected chi connectivity index (χ4v) is 3.21. The van der Waals surface area contributed by atoms with Gasteiger partial charge in [0.25, 0.3) is 5.56 Å². The fraction of sp³-hybridized carbons (Fsp3) is 0.200. The highest BCUT2D eigenvalue weighted by Crippen LogP contribution is 2.40. The summed E-state index contributed by atoms with van der Waals surface area (Å²) < 4.78 is 31.0. The Bertz CT molecular complexity index is 1060. The van der Waals surface area contributed by atoms with Crippen molar-refractivity contribution in [3.63, 3.8) is 0 Å². The predicted molar refractivity (Wildman–Crippen MR) is 111 cm³/mol. The third kappa shape index (κ3) is 4.51. The molecule has 0 fully saturated rings. The monoisotopic (exact) mass is 463 g/mol. The van der Waals surface area contributed by atoms with Crippen LogP contribution in [0.25, 0.3) is 0 Å². The molecule has 0 aliphatic rings. The summed E-state index contributed by atoms with van der Waals surface area (Å²) in [5.74, 6) is 1.34. The number of nitrogens with zero attached hydrogens (tertiary/aromatic N) is 2. The van der Waals surface area contributed by atoms with E-state index in [-0.39, 0.29) is 22.4 Å². The molecule has 0 amide bonds. The number of ether oxygens (including phenoxy) is 3. The minimum absolute atomic E-state index is 0.201. The van der Waals surface area contributed by atoms with Gasteiger partial charge in [-0.05, 0) is 33.6 Å². The van der Waals surface area contributed by atoms with E-state index >= 15 is 0 Å². The fourth-order valence-electron chi connectivity index (χ4n) is 2.79. The summed E-state index contributed by atoms with van der Waals surface area (Å²) in [6.07, 6.45) is 1.40. The molecule has 1 N–H and O–H groups in total. The number of hydrogen-bond donors (Lipinski definition) is 1. The average Bonchev–Trinajstić information content (AvgIpc) is 2.72. The highest BCUT2D eigenvalue weighted by atomic mass is 79.9. The molecule has 3 aromatic rings. The molecule has 0 aliphatic carbocycles. The molecule has 0 saturated heterocycles. The van der Waals surface area contributed by atoms with Crippen LogP contribution in [0.1, 0.15) is 5.56 Å². The van der Waals surface area contributed by atoms with Crippen molar-refractivity contribution in [3.8, 4) is 17.2 Å². The Morgan fingerprint density at radius 3 is 2.38 bits per heavy atom. The van der Waals surface area contributed by atoms with E-state index < -0.39 is 0 Å². The summed E-state index contributed by atoms with van der Waals surface area (Å²) in [4.78, 5) is 17.0. The number of hydrogen-bond acceptors (Lipinski definition) is 6. The summed E-state index contributed by atoms with van der Waals surface area (Å²) in [7, 11) is 4.55. The second-order valence-electron chi connectivity index (χ2n) is 6.01. The molecule has 0 aliphatic heterocycles. The number of anilines is 2. The summed E-state index contributed by atoms with van der Waals surface area (Å²) in [6, 6.07) is 9.47. The Labute approximate surface area is 175 Å². The smallest absolute Gasteiger partial charge is 0.270 e. The lowest BCUT2D eigenvalue weighted by atomic mass is 10.2. The van der Waals surface area contributed by atoms with E-state index in [1.165, 1.54) is 44.4 Å². The van der Waals surface area contributed by atoms with Gasteiger partial charge in [-0.25, -0.2) is 9.37 Å². The van der Waals surface area contributed by atoms with Gasteiger partial charge in [0.1, 0.15) is 16.6 Å². The van der Waals surface area contributed by atoms with Crippen molar-refractivity contribution in [1.82, 2.24) is 9.55 Å². The van der Waals surface area contributed by atoms with Gasteiger partial charge < -0.3 is 19.5 Å². The van der Waals surface area contributed by atoms with Crippen LogP contribution in [0.3, 0.4) is 0 Å². The zero-order chi connectivity index (χ0) is 21.0. The number of halogens is 2. The Morgan fingerprint density at radius 1 is 1.10 bits per heavy atom. The molecule has 0 spiro atoms. The lowest BCUT2D eigenvalue weighted by Gasteiger charge is -2.15. The Kier molecular flexibility index (Phi) is 6.38. The van der Waals surface area contributed by atoms with Gasteiger partial charge in [0.05, 0.1) is 27.9 Å². The summed E-state index contributed by atoms with van der Waals surface area (Å²) in [5, 5.41) is 3.07. The molecule has 29 heavy (non-hydrogen) atoms. The molecule has 0 unspecified atom stereocenters. The van der Waals surface area contributed by atoms with Crippen LogP contribution in [0.5, 0.6) is 17.2 Å². The number of methoxy groups -OCH3 is 3. The minimum Gasteiger partial charge on any atom is -0.493 e. The summed E-state index contributed by atoms with van der Waals surface area (Å²) in [6.45, 7) is 0.201. The van der Waals surface area contributed by atoms with Crippen LogP contribution >= 0.6 is 15.9 Å². The molecule has 0 atom stereocenters. The third-order valence-corrected chi connectivity index (χ3v) is 4.87. The van der Waals surface area contributed by atoms with Gasteiger partial charge in [-0.15, -0.1) is 0 Å². The summed E-state index contributed by atoms with van der Waals surface area (Å²) in [5.41, 5.74) is 0.945. The van der Waals surface area contributed by atoms with Crippen molar-refractivity contribution in [3.05, 3.63) is 68.9 Å².